The number of nitrogens with zero attached hydrogens (tertiary/aromatic N) is 3. The zero-order valence-corrected chi connectivity index (χ0v) is 17.6. The van der Waals surface area contributed by atoms with Crippen molar-refractivity contribution >= 4 is 39.1 Å². The molecule has 2 aromatic heterocycles. The fourth-order valence-electron chi connectivity index (χ4n) is 3.58. The van der Waals surface area contributed by atoms with Crippen LogP contribution in [0.5, 0.6) is 0 Å². The summed E-state index contributed by atoms with van der Waals surface area (Å²) < 4.78 is 6.05. The average molecular weight is 393 g/mol. The van der Waals surface area contributed by atoms with Gasteiger partial charge in [-0.15, -0.1) is 11.3 Å². The number of piperazine rings is 1. The van der Waals surface area contributed by atoms with E-state index in [1.807, 2.05) is 0 Å². The van der Waals surface area contributed by atoms with Gasteiger partial charge in [0.2, 0.25) is 0 Å². The molecule has 2 aliphatic rings. The van der Waals surface area contributed by atoms with Crippen LogP contribution < -0.4 is 10.2 Å². The van der Waals surface area contributed by atoms with Crippen LogP contribution in [-0.4, -0.2) is 47.5 Å². The summed E-state index contributed by atoms with van der Waals surface area (Å²) in [4.78, 5) is 14.9. The minimum absolute atomic E-state index is 0.115. The number of hydrogen-bond donors (Lipinski definition) is 1. The smallest absolute Gasteiger partial charge is 0.190 e. The second kappa shape index (κ2) is 7.62. The first-order valence-corrected chi connectivity index (χ1v) is 11.4. The molecule has 2 aromatic rings. The first-order chi connectivity index (χ1) is 12.6. The largest absolute Gasteiger partial charge is 0.370 e. The van der Waals surface area contributed by atoms with Crippen molar-refractivity contribution in [3.05, 3.63) is 10.4 Å². The van der Waals surface area contributed by atoms with Gasteiger partial charge in [-0.1, -0.05) is 25.1 Å². The van der Waals surface area contributed by atoms with E-state index in [1.54, 1.807) is 23.1 Å². The van der Waals surface area contributed by atoms with Gasteiger partial charge in [0, 0.05) is 43.2 Å². The Kier molecular flexibility index (Phi) is 5.41. The molecular formula is C19H28N4OS2. The summed E-state index contributed by atoms with van der Waals surface area (Å²) in [6, 6.07) is 0. The number of thioether (sulfide) groups is 1. The van der Waals surface area contributed by atoms with E-state index < -0.39 is 0 Å². The Hall–Kier alpha value is -0.890. The Morgan fingerprint density at radius 3 is 2.85 bits per heavy atom. The highest BCUT2D eigenvalue weighted by molar-refractivity contribution is 7.99. The van der Waals surface area contributed by atoms with Gasteiger partial charge in [-0.05, 0) is 25.8 Å². The maximum Gasteiger partial charge on any atom is 0.190 e. The monoisotopic (exact) mass is 392 g/mol. The Labute approximate surface area is 163 Å². The Bertz CT molecular complexity index is 783. The molecule has 1 N–H and O–H groups in total. The van der Waals surface area contributed by atoms with Crippen LogP contribution >= 0.6 is 23.1 Å². The van der Waals surface area contributed by atoms with Gasteiger partial charge in [0.25, 0.3) is 0 Å². The molecule has 0 bridgehead atoms. The Morgan fingerprint density at radius 2 is 2.08 bits per heavy atom. The van der Waals surface area contributed by atoms with Gasteiger partial charge in [0.05, 0.1) is 17.6 Å². The maximum absolute atomic E-state index is 6.05. The molecule has 0 spiro atoms. The van der Waals surface area contributed by atoms with Crippen molar-refractivity contribution in [1.82, 2.24) is 15.3 Å². The molecule has 2 aliphatic heterocycles. The van der Waals surface area contributed by atoms with E-state index in [4.69, 9.17) is 14.7 Å². The van der Waals surface area contributed by atoms with Crippen molar-refractivity contribution in [2.24, 2.45) is 0 Å². The highest BCUT2D eigenvalue weighted by Crippen LogP contribution is 2.42. The van der Waals surface area contributed by atoms with E-state index in [0.717, 1.165) is 54.2 Å². The molecule has 4 heterocycles. The summed E-state index contributed by atoms with van der Waals surface area (Å²) in [6.45, 7) is 11.3. The first-order valence-electron chi connectivity index (χ1n) is 9.62. The minimum atomic E-state index is -0.115. The molecule has 5 nitrogen and oxygen atoms in total. The van der Waals surface area contributed by atoms with E-state index in [-0.39, 0.29) is 5.60 Å². The van der Waals surface area contributed by atoms with E-state index in [1.165, 1.54) is 28.7 Å². The van der Waals surface area contributed by atoms with Crippen molar-refractivity contribution < 1.29 is 4.74 Å². The van der Waals surface area contributed by atoms with Gasteiger partial charge >= 0.3 is 0 Å². The number of rotatable bonds is 5. The zero-order chi connectivity index (χ0) is 18.1. The standard InChI is InChI=1S/C19H28N4OS2/c1-4-5-10-25-18-21-16(23-8-6-20-7-9-23)15-13-11-19(2,3)24-12-14(13)26-17(15)22-18/h20H,4-12H2,1-3H3. The van der Waals surface area contributed by atoms with Crippen LogP contribution in [0.15, 0.2) is 5.16 Å². The summed E-state index contributed by atoms with van der Waals surface area (Å²) in [5.74, 6) is 2.23. The van der Waals surface area contributed by atoms with Crippen LogP contribution in [0.4, 0.5) is 5.82 Å². The Morgan fingerprint density at radius 1 is 1.27 bits per heavy atom. The van der Waals surface area contributed by atoms with Crippen molar-refractivity contribution in [1.29, 1.82) is 0 Å². The lowest BCUT2D eigenvalue weighted by Gasteiger charge is -2.32. The molecule has 142 valence electrons. The van der Waals surface area contributed by atoms with Gasteiger partial charge in [-0.25, -0.2) is 9.97 Å². The molecule has 0 radical (unpaired) electrons. The normalized spacial score (nSPS) is 19.7. The lowest BCUT2D eigenvalue weighted by atomic mass is 9.94. The average Bonchev–Trinajstić information content (AvgIpc) is 2.98. The lowest BCUT2D eigenvalue weighted by molar-refractivity contribution is -0.0379. The highest BCUT2D eigenvalue weighted by Gasteiger charge is 2.32. The van der Waals surface area contributed by atoms with E-state index in [9.17, 15) is 0 Å². The number of ether oxygens (including phenoxy) is 1. The summed E-state index contributed by atoms with van der Waals surface area (Å²) in [5, 5.41) is 5.66. The molecule has 1 saturated heterocycles. The third kappa shape index (κ3) is 3.72. The second-order valence-electron chi connectivity index (χ2n) is 7.68. The number of hydrogen-bond acceptors (Lipinski definition) is 7. The van der Waals surface area contributed by atoms with Gasteiger partial charge in [-0.2, -0.15) is 0 Å². The van der Waals surface area contributed by atoms with Crippen molar-refractivity contribution in [3.8, 4) is 0 Å². The van der Waals surface area contributed by atoms with Gasteiger partial charge in [0.1, 0.15) is 10.6 Å². The van der Waals surface area contributed by atoms with Crippen LogP contribution in [0.2, 0.25) is 0 Å². The molecule has 0 atom stereocenters. The molecule has 0 unspecified atom stereocenters. The predicted molar refractivity (Wildman–Crippen MR) is 111 cm³/mol. The first kappa shape index (κ1) is 18.5. The van der Waals surface area contributed by atoms with E-state index >= 15 is 0 Å². The number of anilines is 1. The van der Waals surface area contributed by atoms with Crippen LogP contribution in [0.3, 0.4) is 0 Å². The lowest BCUT2D eigenvalue weighted by Crippen LogP contribution is -2.44. The quantitative estimate of drug-likeness (QED) is 0.474. The van der Waals surface area contributed by atoms with Gasteiger partial charge in [-0.3, -0.25) is 0 Å². The summed E-state index contributed by atoms with van der Waals surface area (Å²) in [5.41, 5.74) is 1.30. The Balaban J connectivity index is 1.79. The summed E-state index contributed by atoms with van der Waals surface area (Å²) in [6.07, 6.45) is 3.35. The fourth-order valence-corrected chi connectivity index (χ4v) is 5.66. The van der Waals surface area contributed by atoms with Gasteiger partial charge < -0.3 is 15.0 Å². The SMILES string of the molecule is CCCCSc1nc(N2CCNCC2)c2c3c(sc2n1)COC(C)(C)C3. The molecule has 4 rings (SSSR count). The van der Waals surface area contributed by atoms with Gasteiger partial charge in [0.15, 0.2) is 5.16 Å². The number of aromatic nitrogens is 2. The number of thiophene rings is 1. The molecule has 7 heteroatoms. The van der Waals surface area contributed by atoms with Crippen LogP contribution in [0.1, 0.15) is 44.1 Å². The summed E-state index contributed by atoms with van der Waals surface area (Å²) >= 11 is 3.59. The number of nitrogens with one attached hydrogen (secondary N) is 1. The third-order valence-corrected chi connectivity index (χ3v) is 7.07. The van der Waals surface area contributed by atoms with Crippen LogP contribution in [0.25, 0.3) is 10.2 Å². The zero-order valence-electron chi connectivity index (χ0n) is 15.9. The summed E-state index contributed by atoms with van der Waals surface area (Å²) in [7, 11) is 0. The number of unbranched alkanes of at least 4 members (excludes halogenated alkanes) is 1. The third-order valence-electron chi connectivity index (χ3n) is 5.04. The van der Waals surface area contributed by atoms with E-state index in [2.05, 4.69) is 31.0 Å². The van der Waals surface area contributed by atoms with Crippen molar-refractivity contribution in [2.75, 3.05) is 36.8 Å². The fraction of sp³-hybridized carbons (Fsp3) is 0.684. The van der Waals surface area contributed by atoms with Crippen molar-refractivity contribution in [3.63, 3.8) is 0 Å². The topological polar surface area (TPSA) is 50.3 Å². The maximum atomic E-state index is 6.05. The van der Waals surface area contributed by atoms with Crippen molar-refractivity contribution in [2.45, 2.75) is 57.4 Å². The van der Waals surface area contributed by atoms with Crippen LogP contribution in [0, 0.1) is 0 Å². The molecule has 0 aromatic carbocycles. The molecule has 0 aliphatic carbocycles. The predicted octanol–water partition coefficient (Wildman–Crippen LogP) is 3.84. The molecule has 26 heavy (non-hydrogen) atoms. The highest BCUT2D eigenvalue weighted by atomic mass is 32.2. The van der Waals surface area contributed by atoms with Crippen LogP contribution in [-0.2, 0) is 17.8 Å². The molecule has 0 amide bonds. The minimum Gasteiger partial charge on any atom is -0.370 e. The molecule has 0 saturated carbocycles. The second-order valence-corrected chi connectivity index (χ2v) is 9.82. The number of fused-ring (bicyclic) bond motifs is 3. The molecular weight excluding hydrogens is 364 g/mol. The molecule has 1 fully saturated rings. The van der Waals surface area contributed by atoms with E-state index in [0.29, 0.717) is 6.61 Å².